The second-order valence-corrected chi connectivity index (χ2v) is 5.07. The number of hydrogen-bond donors (Lipinski definition) is 0. The van der Waals surface area contributed by atoms with Crippen LogP contribution in [-0.2, 0) is 0 Å². The Morgan fingerprint density at radius 2 is 1.89 bits per heavy atom. The Labute approximate surface area is 119 Å². The third kappa shape index (κ3) is 2.84. The van der Waals surface area contributed by atoms with E-state index in [2.05, 4.69) is 15.9 Å². The van der Waals surface area contributed by atoms with E-state index in [4.69, 9.17) is 4.74 Å². The van der Waals surface area contributed by atoms with Gasteiger partial charge in [0.1, 0.15) is 11.6 Å². The largest absolute Gasteiger partial charge is 0.496 e. The molecule has 0 N–H and O–H groups in total. The maximum Gasteiger partial charge on any atom is 0.199 e. The summed E-state index contributed by atoms with van der Waals surface area (Å²) in [5.41, 5.74) is 1.35. The summed E-state index contributed by atoms with van der Waals surface area (Å²) >= 11 is 3.23. The van der Waals surface area contributed by atoms with Crippen LogP contribution in [0.2, 0.25) is 0 Å². The van der Waals surface area contributed by atoms with E-state index in [1.807, 2.05) is 6.92 Å². The Balaban J connectivity index is 2.53. The van der Waals surface area contributed by atoms with Gasteiger partial charge < -0.3 is 4.74 Å². The summed E-state index contributed by atoms with van der Waals surface area (Å²) < 4.78 is 19.6. The fourth-order valence-electron chi connectivity index (χ4n) is 1.80. The molecule has 2 aromatic carbocycles. The SMILES string of the molecule is COc1cc(C)ccc1C(=O)c1cc(Br)ccc1F. The first-order valence-electron chi connectivity index (χ1n) is 5.67. The number of ether oxygens (including phenoxy) is 1. The second kappa shape index (κ2) is 5.53. The molecule has 0 bridgehead atoms. The van der Waals surface area contributed by atoms with Gasteiger partial charge in [0.15, 0.2) is 5.78 Å². The van der Waals surface area contributed by atoms with Crippen molar-refractivity contribution in [3.05, 3.63) is 63.4 Å². The fraction of sp³-hybridized carbons (Fsp3) is 0.133. The normalized spacial score (nSPS) is 10.3. The molecule has 0 aliphatic rings. The number of carbonyl (C=O) groups excluding carboxylic acids is 1. The predicted molar refractivity (Wildman–Crippen MR) is 75.3 cm³/mol. The van der Waals surface area contributed by atoms with Crippen LogP contribution in [0, 0.1) is 12.7 Å². The van der Waals surface area contributed by atoms with Gasteiger partial charge in [-0.05, 0) is 42.8 Å². The lowest BCUT2D eigenvalue weighted by Gasteiger charge is -2.09. The molecule has 0 unspecified atom stereocenters. The lowest BCUT2D eigenvalue weighted by atomic mass is 10.0. The molecule has 0 aliphatic heterocycles. The van der Waals surface area contributed by atoms with Crippen molar-refractivity contribution >= 4 is 21.7 Å². The van der Waals surface area contributed by atoms with Gasteiger partial charge in [-0.25, -0.2) is 4.39 Å². The Morgan fingerprint density at radius 1 is 1.16 bits per heavy atom. The Morgan fingerprint density at radius 3 is 2.58 bits per heavy atom. The monoisotopic (exact) mass is 322 g/mol. The fourth-order valence-corrected chi connectivity index (χ4v) is 2.16. The summed E-state index contributed by atoms with van der Waals surface area (Å²) in [7, 11) is 1.49. The van der Waals surface area contributed by atoms with E-state index >= 15 is 0 Å². The average Bonchev–Trinajstić information content (AvgIpc) is 2.40. The van der Waals surface area contributed by atoms with Gasteiger partial charge in [-0.3, -0.25) is 4.79 Å². The van der Waals surface area contributed by atoms with Crippen molar-refractivity contribution < 1.29 is 13.9 Å². The molecule has 0 radical (unpaired) electrons. The molecule has 98 valence electrons. The number of rotatable bonds is 3. The number of methoxy groups -OCH3 is 1. The molecule has 0 aromatic heterocycles. The first-order chi connectivity index (χ1) is 9.02. The first kappa shape index (κ1) is 13.7. The summed E-state index contributed by atoms with van der Waals surface area (Å²) in [5, 5.41) is 0. The van der Waals surface area contributed by atoms with Crippen molar-refractivity contribution in [1.82, 2.24) is 0 Å². The molecule has 2 nitrogen and oxygen atoms in total. The zero-order chi connectivity index (χ0) is 14.0. The number of hydrogen-bond acceptors (Lipinski definition) is 2. The van der Waals surface area contributed by atoms with Gasteiger partial charge in [0.25, 0.3) is 0 Å². The van der Waals surface area contributed by atoms with Gasteiger partial charge in [0, 0.05) is 4.47 Å². The molecule has 2 aromatic rings. The summed E-state index contributed by atoms with van der Waals surface area (Å²) in [5.74, 6) is -0.490. The highest BCUT2D eigenvalue weighted by Crippen LogP contribution is 2.25. The summed E-state index contributed by atoms with van der Waals surface area (Å²) in [4.78, 5) is 12.4. The van der Waals surface area contributed by atoms with Crippen molar-refractivity contribution in [1.29, 1.82) is 0 Å². The molecule has 0 aliphatic carbocycles. The third-order valence-electron chi connectivity index (χ3n) is 2.77. The highest BCUT2D eigenvalue weighted by Gasteiger charge is 2.18. The number of aryl methyl sites for hydroxylation is 1. The zero-order valence-electron chi connectivity index (χ0n) is 10.5. The smallest absolute Gasteiger partial charge is 0.199 e. The van der Waals surface area contributed by atoms with E-state index in [1.54, 1.807) is 24.3 Å². The van der Waals surface area contributed by atoms with Crippen LogP contribution in [0.1, 0.15) is 21.5 Å². The van der Waals surface area contributed by atoms with Crippen molar-refractivity contribution in [2.45, 2.75) is 6.92 Å². The molecule has 0 amide bonds. The van der Waals surface area contributed by atoms with Crippen LogP contribution in [0.3, 0.4) is 0 Å². The van der Waals surface area contributed by atoms with Crippen molar-refractivity contribution in [2.24, 2.45) is 0 Å². The van der Waals surface area contributed by atoms with Crippen molar-refractivity contribution in [3.8, 4) is 5.75 Å². The number of carbonyl (C=O) groups is 1. The van der Waals surface area contributed by atoms with Gasteiger partial charge in [0.2, 0.25) is 0 Å². The summed E-state index contributed by atoms with van der Waals surface area (Å²) in [6.07, 6.45) is 0. The van der Waals surface area contributed by atoms with E-state index < -0.39 is 11.6 Å². The van der Waals surface area contributed by atoms with Gasteiger partial charge in [-0.1, -0.05) is 22.0 Å². The zero-order valence-corrected chi connectivity index (χ0v) is 12.1. The van der Waals surface area contributed by atoms with Gasteiger partial charge >= 0.3 is 0 Å². The summed E-state index contributed by atoms with van der Waals surface area (Å²) in [6.45, 7) is 1.90. The topological polar surface area (TPSA) is 26.3 Å². The van der Waals surface area contributed by atoms with E-state index in [1.165, 1.54) is 19.2 Å². The number of benzene rings is 2. The van der Waals surface area contributed by atoms with E-state index in [0.29, 0.717) is 15.8 Å². The van der Waals surface area contributed by atoms with Crippen LogP contribution in [0.5, 0.6) is 5.75 Å². The Kier molecular flexibility index (Phi) is 4.00. The minimum absolute atomic E-state index is 0.0246. The van der Waals surface area contributed by atoms with E-state index in [-0.39, 0.29) is 5.56 Å². The minimum atomic E-state index is -0.546. The highest BCUT2D eigenvalue weighted by atomic mass is 79.9. The number of ketones is 1. The molecule has 19 heavy (non-hydrogen) atoms. The standard InChI is InChI=1S/C15H12BrFO2/c1-9-3-5-11(14(7-9)19-2)15(18)12-8-10(16)4-6-13(12)17/h3-8H,1-2H3. The molecular weight excluding hydrogens is 311 g/mol. The Hall–Kier alpha value is -1.68. The molecular formula is C15H12BrFO2. The predicted octanol–water partition coefficient (Wildman–Crippen LogP) is 4.14. The third-order valence-corrected chi connectivity index (χ3v) is 3.27. The second-order valence-electron chi connectivity index (χ2n) is 4.16. The van der Waals surface area contributed by atoms with Crippen LogP contribution < -0.4 is 4.74 Å². The summed E-state index contributed by atoms with van der Waals surface area (Å²) in [6, 6.07) is 9.49. The maximum atomic E-state index is 13.7. The van der Waals surface area contributed by atoms with Crippen LogP contribution >= 0.6 is 15.9 Å². The minimum Gasteiger partial charge on any atom is -0.496 e. The van der Waals surface area contributed by atoms with Crippen LogP contribution in [0.15, 0.2) is 40.9 Å². The molecule has 0 atom stereocenters. The van der Waals surface area contributed by atoms with Crippen molar-refractivity contribution in [2.75, 3.05) is 7.11 Å². The van der Waals surface area contributed by atoms with Crippen LogP contribution in [0.25, 0.3) is 0 Å². The van der Waals surface area contributed by atoms with Gasteiger partial charge in [-0.15, -0.1) is 0 Å². The quantitative estimate of drug-likeness (QED) is 0.794. The average molecular weight is 323 g/mol. The van der Waals surface area contributed by atoms with Crippen LogP contribution in [-0.4, -0.2) is 12.9 Å². The van der Waals surface area contributed by atoms with Gasteiger partial charge in [0.05, 0.1) is 18.2 Å². The maximum absolute atomic E-state index is 13.7. The molecule has 2 rings (SSSR count). The highest BCUT2D eigenvalue weighted by molar-refractivity contribution is 9.10. The molecule has 0 fully saturated rings. The van der Waals surface area contributed by atoms with Gasteiger partial charge in [-0.2, -0.15) is 0 Å². The molecule has 0 saturated carbocycles. The molecule has 0 heterocycles. The molecule has 0 saturated heterocycles. The van der Waals surface area contributed by atoms with Crippen LogP contribution in [0.4, 0.5) is 4.39 Å². The van der Waals surface area contributed by atoms with E-state index in [9.17, 15) is 9.18 Å². The molecule has 4 heteroatoms. The van der Waals surface area contributed by atoms with E-state index in [0.717, 1.165) is 5.56 Å². The first-order valence-corrected chi connectivity index (χ1v) is 6.46. The lowest BCUT2D eigenvalue weighted by molar-refractivity contribution is 0.103. The lowest BCUT2D eigenvalue weighted by Crippen LogP contribution is -2.06. The molecule has 0 spiro atoms. The number of halogens is 2. The van der Waals surface area contributed by atoms with Crippen molar-refractivity contribution in [3.63, 3.8) is 0 Å². The Bertz CT molecular complexity index is 638.